The monoisotopic (exact) mass is 306 g/mol. The number of benzene rings is 1. The first-order chi connectivity index (χ1) is 10.1. The number of aryl methyl sites for hydroxylation is 1. The fraction of sp³-hybridized carbons (Fsp3) is 0.333. The van der Waals surface area contributed by atoms with Crippen molar-refractivity contribution in [3.05, 3.63) is 47.7 Å². The largest absolute Gasteiger partial charge is 0.388 e. The van der Waals surface area contributed by atoms with Crippen LogP contribution in [-0.2, 0) is 4.79 Å². The predicted molar refractivity (Wildman–Crippen MR) is 83.2 cm³/mol. The van der Waals surface area contributed by atoms with E-state index in [-0.39, 0.29) is 5.91 Å². The summed E-state index contributed by atoms with van der Waals surface area (Å²) in [6.07, 6.45) is -0.129. The van der Waals surface area contributed by atoms with Crippen LogP contribution >= 0.6 is 11.8 Å². The first-order valence-electron chi connectivity index (χ1n) is 6.69. The molecule has 0 aliphatic heterocycles. The van der Waals surface area contributed by atoms with Crippen molar-refractivity contribution in [1.82, 2.24) is 5.16 Å². The van der Waals surface area contributed by atoms with Gasteiger partial charge in [0, 0.05) is 24.0 Å². The number of hydrogen-bond donors (Lipinski definition) is 2. The molecule has 1 amide bonds. The standard InChI is InChI=1S/C15H18N2O3S/c1-11-9-14(17-20-11)16-15(19)7-8-21-10-13(18)12-5-3-2-4-6-12/h2-6,9,13,18H,7-8,10H2,1H3,(H,16,17,19)/t13-/m1/s1. The summed E-state index contributed by atoms with van der Waals surface area (Å²) in [5.41, 5.74) is 0.896. The lowest BCUT2D eigenvalue weighted by molar-refractivity contribution is -0.115. The lowest BCUT2D eigenvalue weighted by Gasteiger charge is -2.10. The Balaban J connectivity index is 1.64. The maximum atomic E-state index is 11.7. The van der Waals surface area contributed by atoms with E-state index in [9.17, 15) is 9.90 Å². The second-order valence-corrected chi connectivity index (χ2v) is 5.77. The summed E-state index contributed by atoms with van der Waals surface area (Å²) in [5, 5.41) is 16.3. The maximum Gasteiger partial charge on any atom is 0.226 e. The SMILES string of the molecule is Cc1cc(NC(=O)CCSC[C@@H](O)c2ccccc2)no1. The average molecular weight is 306 g/mol. The molecule has 5 nitrogen and oxygen atoms in total. The number of anilines is 1. The van der Waals surface area contributed by atoms with Crippen LogP contribution in [0.5, 0.6) is 0 Å². The number of hydrogen-bond acceptors (Lipinski definition) is 5. The van der Waals surface area contributed by atoms with Gasteiger partial charge in [-0.3, -0.25) is 4.79 Å². The normalized spacial score (nSPS) is 12.1. The van der Waals surface area contributed by atoms with Gasteiger partial charge in [-0.15, -0.1) is 0 Å². The molecule has 2 aromatic rings. The van der Waals surface area contributed by atoms with Gasteiger partial charge < -0.3 is 14.9 Å². The van der Waals surface area contributed by atoms with Gasteiger partial charge in [-0.1, -0.05) is 35.5 Å². The molecule has 2 rings (SSSR count). The van der Waals surface area contributed by atoms with Crippen LogP contribution in [-0.4, -0.2) is 27.7 Å². The number of nitrogens with one attached hydrogen (secondary N) is 1. The van der Waals surface area contributed by atoms with Gasteiger partial charge in [-0.05, 0) is 12.5 Å². The van der Waals surface area contributed by atoms with Crippen LogP contribution in [0.2, 0.25) is 0 Å². The summed E-state index contributed by atoms with van der Waals surface area (Å²) < 4.78 is 4.87. The number of amides is 1. The first-order valence-corrected chi connectivity index (χ1v) is 7.84. The Morgan fingerprint density at radius 1 is 1.43 bits per heavy atom. The van der Waals surface area contributed by atoms with Crippen molar-refractivity contribution in [2.75, 3.05) is 16.8 Å². The number of aromatic nitrogens is 1. The van der Waals surface area contributed by atoms with Crippen LogP contribution in [0.3, 0.4) is 0 Å². The molecular formula is C15H18N2O3S. The van der Waals surface area contributed by atoms with Crippen LogP contribution in [0.15, 0.2) is 40.9 Å². The molecule has 0 saturated heterocycles. The molecule has 6 heteroatoms. The molecule has 0 spiro atoms. The molecule has 112 valence electrons. The van der Waals surface area contributed by atoms with Gasteiger partial charge in [0.1, 0.15) is 5.76 Å². The highest BCUT2D eigenvalue weighted by Crippen LogP contribution is 2.18. The van der Waals surface area contributed by atoms with Gasteiger partial charge in [-0.25, -0.2) is 0 Å². The van der Waals surface area contributed by atoms with Crippen LogP contribution < -0.4 is 5.32 Å². The number of thioether (sulfide) groups is 1. The Morgan fingerprint density at radius 3 is 2.86 bits per heavy atom. The Morgan fingerprint density at radius 2 is 2.19 bits per heavy atom. The third kappa shape index (κ3) is 5.24. The minimum atomic E-state index is -0.502. The Bertz CT molecular complexity index is 571. The Kier molecular flexibility index (Phi) is 5.83. The van der Waals surface area contributed by atoms with E-state index < -0.39 is 6.10 Å². The molecule has 0 fully saturated rings. The van der Waals surface area contributed by atoms with Gasteiger partial charge in [0.15, 0.2) is 5.82 Å². The third-order valence-corrected chi connectivity index (χ3v) is 3.87. The molecule has 21 heavy (non-hydrogen) atoms. The first kappa shape index (κ1) is 15.6. The van der Waals surface area contributed by atoms with Crippen molar-refractivity contribution >= 4 is 23.5 Å². The van der Waals surface area contributed by atoms with E-state index in [0.29, 0.717) is 29.5 Å². The van der Waals surface area contributed by atoms with Crippen LogP contribution in [0.1, 0.15) is 23.8 Å². The summed E-state index contributed by atoms with van der Waals surface area (Å²) in [4.78, 5) is 11.7. The van der Waals surface area contributed by atoms with Crippen molar-refractivity contribution in [1.29, 1.82) is 0 Å². The van der Waals surface area contributed by atoms with Crippen LogP contribution in [0.4, 0.5) is 5.82 Å². The van der Waals surface area contributed by atoms with E-state index in [1.165, 1.54) is 0 Å². The molecule has 0 aliphatic rings. The maximum absolute atomic E-state index is 11.7. The Hall–Kier alpha value is -1.79. The Labute approximate surface area is 127 Å². The molecule has 1 atom stereocenters. The van der Waals surface area contributed by atoms with Gasteiger partial charge in [0.05, 0.1) is 6.10 Å². The van der Waals surface area contributed by atoms with Gasteiger partial charge in [0.2, 0.25) is 5.91 Å². The molecule has 1 heterocycles. The van der Waals surface area contributed by atoms with Crippen LogP contribution in [0.25, 0.3) is 0 Å². The van der Waals surface area contributed by atoms with E-state index in [1.807, 2.05) is 30.3 Å². The molecule has 2 N–H and O–H groups in total. The highest BCUT2D eigenvalue weighted by molar-refractivity contribution is 7.99. The van der Waals surface area contributed by atoms with Gasteiger partial charge in [-0.2, -0.15) is 11.8 Å². The molecule has 0 radical (unpaired) electrons. The van der Waals surface area contributed by atoms with Crippen molar-refractivity contribution in [2.45, 2.75) is 19.4 Å². The van der Waals surface area contributed by atoms with Crippen molar-refractivity contribution in [3.63, 3.8) is 0 Å². The zero-order chi connectivity index (χ0) is 15.1. The molecule has 0 saturated carbocycles. The average Bonchev–Trinajstić information content (AvgIpc) is 2.89. The molecule has 0 unspecified atom stereocenters. The highest BCUT2D eigenvalue weighted by Gasteiger charge is 2.09. The summed E-state index contributed by atoms with van der Waals surface area (Å²) in [5.74, 6) is 2.20. The number of carbonyl (C=O) groups is 1. The summed E-state index contributed by atoms with van der Waals surface area (Å²) in [6.45, 7) is 1.77. The molecular weight excluding hydrogens is 288 g/mol. The van der Waals surface area contributed by atoms with Crippen molar-refractivity contribution in [3.8, 4) is 0 Å². The molecule has 1 aromatic heterocycles. The van der Waals surface area contributed by atoms with Gasteiger partial charge in [0.25, 0.3) is 0 Å². The third-order valence-electron chi connectivity index (χ3n) is 2.83. The lowest BCUT2D eigenvalue weighted by atomic mass is 10.1. The van der Waals surface area contributed by atoms with Crippen molar-refractivity contribution in [2.24, 2.45) is 0 Å². The lowest BCUT2D eigenvalue weighted by Crippen LogP contribution is -2.12. The van der Waals surface area contributed by atoms with E-state index in [1.54, 1.807) is 24.8 Å². The molecule has 1 aromatic carbocycles. The summed E-state index contributed by atoms with van der Waals surface area (Å²) in [7, 11) is 0. The van der Waals surface area contributed by atoms with E-state index in [2.05, 4.69) is 10.5 Å². The van der Waals surface area contributed by atoms with E-state index in [0.717, 1.165) is 5.56 Å². The van der Waals surface area contributed by atoms with Gasteiger partial charge >= 0.3 is 0 Å². The second-order valence-electron chi connectivity index (χ2n) is 4.62. The van der Waals surface area contributed by atoms with Crippen LogP contribution in [0, 0.1) is 6.92 Å². The number of carbonyl (C=O) groups excluding carboxylic acids is 1. The predicted octanol–water partition coefficient (Wildman–Crippen LogP) is 2.78. The minimum absolute atomic E-state index is 0.106. The quantitative estimate of drug-likeness (QED) is 0.769. The fourth-order valence-electron chi connectivity index (χ4n) is 1.76. The number of nitrogens with zero attached hydrogens (tertiary/aromatic N) is 1. The smallest absolute Gasteiger partial charge is 0.226 e. The second kappa shape index (κ2) is 7.85. The fourth-order valence-corrected chi connectivity index (χ4v) is 2.67. The van der Waals surface area contributed by atoms with E-state index in [4.69, 9.17) is 4.52 Å². The summed E-state index contributed by atoms with van der Waals surface area (Å²) >= 11 is 1.55. The minimum Gasteiger partial charge on any atom is -0.388 e. The molecule has 0 aliphatic carbocycles. The zero-order valence-electron chi connectivity index (χ0n) is 11.8. The highest BCUT2D eigenvalue weighted by atomic mass is 32.2. The number of aliphatic hydroxyl groups excluding tert-OH is 1. The van der Waals surface area contributed by atoms with E-state index >= 15 is 0 Å². The van der Waals surface area contributed by atoms with Crippen molar-refractivity contribution < 1.29 is 14.4 Å². The molecule has 0 bridgehead atoms. The topological polar surface area (TPSA) is 75.4 Å². The number of aliphatic hydroxyl groups is 1. The number of rotatable bonds is 7. The zero-order valence-corrected chi connectivity index (χ0v) is 12.6. The summed E-state index contributed by atoms with van der Waals surface area (Å²) in [6, 6.07) is 11.2.